The zero-order valence-corrected chi connectivity index (χ0v) is 12.7. The van der Waals surface area contributed by atoms with Crippen LogP contribution in [0.25, 0.3) is 43.9 Å². The average molecular weight is 327 g/mol. The lowest BCUT2D eigenvalue weighted by Crippen LogP contribution is -1.95. The summed E-state index contributed by atoms with van der Waals surface area (Å²) in [6, 6.07) is 12.1. The molecule has 0 amide bonds. The molecule has 0 bridgehead atoms. The van der Waals surface area contributed by atoms with Crippen molar-refractivity contribution in [3.05, 3.63) is 65.0 Å². The summed E-state index contributed by atoms with van der Waals surface area (Å²) in [6.07, 6.45) is 3.43. The summed E-state index contributed by atoms with van der Waals surface area (Å²) in [5.74, 6) is 0. The summed E-state index contributed by atoms with van der Waals surface area (Å²) < 4.78 is 0. The minimum atomic E-state index is -0.438. The lowest BCUT2D eigenvalue weighted by Gasteiger charge is -2.08. The van der Waals surface area contributed by atoms with E-state index in [4.69, 9.17) is 0 Å². The van der Waals surface area contributed by atoms with E-state index in [9.17, 15) is 10.1 Å². The molecule has 0 aliphatic rings. The highest BCUT2D eigenvalue weighted by molar-refractivity contribution is 6.21. The van der Waals surface area contributed by atoms with Gasteiger partial charge in [-0.15, -0.1) is 0 Å². The summed E-state index contributed by atoms with van der Waals surface area (Å²) in [6.45, 7) is 0. The molecule has 5 rings (SSSR count). The first-order valence-electron chi connectivity index (χ1n) is 7.60. The number of aromatic nitrogens is 4. The van der Waals surface area contributed by atoms with Crippen molar-refractivity contribution >= 4 is 49.6 Å². The van der Waals surface area contributed by atoms with Crippen molar-refractivity contribution in [1.82, 2.24) is 19.9 Å². The number of benzene rings is 2. The number of non-ortho nitro benzene ring substituents is 1. The van der Waals surface area contributed by atoms with E-state index in [2.05, 4.69) is 19.9 Å². The average Bonchev–Trinajstić information content (AvgIpc) is 2.66. The van der Waals surface area contributed by atoms with Gasteiger partial charge in [0.2, 0.25) is 0 Å². The first kappa shape index (κ1) is 13.7. The van der Waals surface area contributed by atoms with E-state index < -0.39 is 4.92 Å². The lowest BCUT2D eigenvalue weighted by atomic mass is 10.1. The van der Waals surface area contributed by atoms with Crippen molar-refractivity contribution in [2.75, 3.05) is 0 Å². The van der Waals surface area contributed by atoms with Crippen molar-refractivity contribution in [2.45, 2.75) is 0 Å². The third-order valence-corrected chi connectivity index (χ3v) is 4.21. The van der Waals surface area contributed by atoms with Gasteiger partial charge in [0.15, 0.2) is 0 Å². The molecule has 25 heavy (non-hydrogen) atoms. The van der Waals surface area contributed by atoms with Gasteiger partial charge >= 0.3 is 0 Å². The molecule has 0 fully saturated rings. The Morgan fingerprint density at radius 3 is 2.20 bits per heavy atom. The van der Waals surface area contributed by atoms with Crippen LogP contribution >= 0.6 is 0 Å². The summed E-state index contributed by atoms with van der Waals surface area (Å²) in [4.78, 5) is 28.9. The number of hydrogen-bond acceptors (Lipinski definition) is 6. The zero-order chi connectivity index (χ0) is 17.0. The van der Waals surface area contributed by atoms with Crippen LogP contribution in [0, 0.1) is 10.1 Å². The molecule has 0 atom stereocenters. The molecule has 0 radical (unpaired) electrons. The van der Waals surface area contributed by atoms with Crippen molar-refractivity contribution in [1.29, 1.82) is 0 Å². The Balaban J connectivity index is 2.04. The van der Waals surface area contributed by atoms with E-state index in [1.807, 2.05) is 24.3 Å². The number of nitro groups is 1. The normalized spacial score (nSPS) is 11.5. The maximum atomic E-state index is 11.0. The second-order valence-electron chi connectivity index (χ2n) is 5.65. The van der Waals surface area contributed by atoms with Gasteiger partial charge in [-0.25, -0.2) is 9.97 Å². The van der Waals surface area contributed by atoms with E-state index in [0.717, 1.165) is 21.8 Å². The second-order valence-corrected chi connectivity index (χ2v) is 5.65. The van der Waals surface area contributed by atoms with E-state index >= 15 is 0 Å². The fourth-order valence-corrected chi connectivity index (χ4v) is 3.11. The van der Waals surface area contributed by atoms with Crippen LogP contribution in [0.1, 0.15) is 0 Å². The van der Waals surface area contributed by atoms with Gasteiger partial charge < -0.3 is 0 Å². The van der Waals surface area contributed by atoms with Crippen LogP contribution in [0.4, 0.5) is 5.69 Å². The maximum Gasteiger partial charge on any atom is 0.271 e. The molecular formula is C18H9N5O2. The van der Waals surface area contributed by atoms with Gasteiger partial charge in [0.05, 0.1) is 21.5 Å². The van der Waals surface area contributed by atoms with Gasteiger partial charge in [0.25, 0.3) is 5.69 Å². The van der Waals surface area contributed by atoms with Crippen molar-refractivity contribution < 1.29 is 4.92 Å². The summed E-state index contributed by atoms with van der Waals surface area (Å²) in [5, 5.41) is 12.8. The molecule has 0 aliphatic heterocycles. The number of hydrogen-bond donors (Lipinski definition) is 0. The topological polar surface area (TPSA) is 94.7 Å². The molecule has 0 saturated carbocycles. The van der Waals surface area contributed by atoms with Gasteiger partial charge in [-0.05, 0) is 30.3 Å². The molecule has 3 aromatic heterocycles. The third-order valence-electron chi connectivity index (χ3n) is 4.21. The quantitative estimate of drug-likeness (QED) is 0.201. The molecule has 3 heterocycles. The van der Waals surface area contributed by atoms with Gasteiger partial charge in [-0.3, -0.25) is 20.1 Å². The van der Waals surface area contributed by atoms with E-state index in [-0.39, 0.29) is 5.69 Å². The molecule has 5 aromatic rings. The van der Waals surface area contributed by atoms with Crippen LogP contribution in [0.15, 0.2) is 54.9 Å². The summed E-state index contributed by atoms with van der Waals surface area (Å²) in [5.41, 5.74) is 3.87. The Hall–Kier alpha value is -3.74. The van der Waals surface area contributed by atoms with Crippen molar-refractivity contribution in [3.8, 4) is 0 Å². The zero-order valence-electron chi connectivity index (χ0n) is 12.7. The predicted octanol–water partition coefficient (Wildman–Crippen LogP) is 3.79. The molecule has 0 saturated heterocycles. The molecule has 0 aliphatic carbocycles. The van der Waals surface area contributed by atoms with Gasteiger partial charge in [0, 0.05) is 35.3 Å². The van der Waals surface area contributed by atoms with Gasteiger partial charge in [-0.1, -0.05) is 0 Å². The van der Waals surface area contributed by atoms with Crippen molar-refractivity contribution in [2.24, 2.45) is 0 Å². The molecule has 7 nitrogen and oxygen atoms in total. The Morgan fingerprint density at radius 2 is 1.44 bits per heavy atom. The Morgan fingerprint density at radius 1 is 0.760 bits per heavy atom. The van der Waals surface area contributed by atoms with Crippen LogP contribution in [0.3, 0.4) is 0 Å². The third kappa shape index (κ3) is 1.92. The maximum absolute atomic E-state index is 11.0. The highest BCUT2D eigenvalue weighted by Gasteiger charge is 2.15. The number of pyridine rings is 2. The lowest BCUT2D eigenvalue weighted by molar-refractivity contribution is -0.384. The minimum absolute atomic E-state index is 0.0116. The standard InChI is InChI=1S/C18H9N5O2/c24-23(25)10-5-6-13-14(9-10)22-17-12-4-2-7-19-15(12)11-3-1-8-20-16(11)18(17)21-13/h1-9H. The van der Waals surface area contributed by atoms with Gasteiger partial charge in [0.1, 0.15) is 16.6 Å². The summed E-state index contributed by atoms with van der Waals surface area (Å²) >= 11 is 0. The van der Waals surface area contributed by atoms with Crippen LogP contribution in [-0.2, 0) is 0 Å². The first-order chi connectivity index (χ1) is 12.2. The second kappa shape index (κ2) is 4.88. The van der Waals surface area contributed by atoms with Crippen molar-refractivity contribution in [3.63, 3.8) is 0 Å². The van der Waals surface area contributed by atoms with Crippen LogP contribution < -0.4 is 0 Å². The fourth-order valence-electron chi connectivity index (χ4n) is 3.11. The smallest absolute Gasteiger partial charge is 0.258 e. The molecule has 0 spiro atoms. The molecule has 118 valence electrons. The van der Waals surface area contributed by atoms with Crippen LogP contribution in [-0.4, -0.2) is 24.9 Å². The number of fused-ring (bicyclic) bond motifs is 7. The monoisotopic (exact) mass is 327 g/mol. The van der Waals surface area contributed by atoms with Crippen LogP contribution in [0.2, 0.25) is 0 Å². The molecule has 0 N–H and O–H groups in total. The molecular weight excluding hydrogens is 318 g/mol. The Kier molecular flexibility index (Phi) is 2.67. The van der Waals surface area contributed by atoms with Crippen LogP contribution in [0.5, 0.6) is 0 Å². The molecule has 2 aromatic carbocycles. The number of rotatable bonds is 1. The highest BCUT2D eigenvalue weighted by atomic mass is 16.6. The van der Waals surface area contributed by atoms with E-state index in [1.54, 1.807) is 18.5 Å². The highest BCUT2D eigenvalue weighted by Crippen LogP contribution is 2.32. The summed E-state index contributed by atoms with van der Waals surface area (Å²) in [7, 11) is 0. The van der Waals surface area contributed by atoms with Gasteiger partial charge in [-0.2, -0.15) is 0 Å². The van der Waals surface area contributed by atoms with E-state index in [0.29, 0.717) is 22.1 Å². The Labute approximate surface area is 140 Å². The number of nitro benzene ring substituents is 1. The fraction of sp³-hybridized carbons (Fsp3) is 0. The predicted molar refractivity (Wildman–Crippen MR) is 94.3 cm³/mol. The largest absolute Gasteiger partial charge is 0.271 e. The Bertz CT molecular complexity index is 1330. The number of nitrogens with zero attached hydrogens (tertiary/aromatic N) is 5. The molecule has 0 unspecified atom stereocenters. The minimum Gasteiger partial charge on any atom is -0.258 e. The van der Waals surface area contributed by atoms with E-state index in [1.165, 1.54) is 12.1 Å². The SMILES string of the molecule is O=[N+]([O-])c1ccc2nc3c4ncccc4c4ncccc4c3nc2c1. The molecule has 7 heteroatoms. The first-order valence-corrected chi connectivity index (χ1v) is 7.60.